The monoisotopic (exact) mass is 190 g/mol. The van der Waals surface area contributed by atoms with Crippen LogP contribution in [-0.4, -0.2) is 0 Å². The summed E-state index contributed by atoms with van der Waals surface area (Å²) in [6, 6.07) is 6.80. The molecule has 1 aromatic carbocycles. The van der Waals surface area contributed by atoms with Gasteiger partial charge in [-0.2, -0.15) is 0 Å². The Bertz CT molecular complexity index is 297. The van der Waals surface area contributed by atoms with Crippen LogP contribution in [0.2, 0.25) is 0 Å². The van der Waals surface area contributed by atoms with E-state index in [4.69, 9.17) is 0 Å². The molecule has 0 unspecified atom stereocenters. The third kappa shape index (κ3) is 2.37. The molecule has 0 heterocycles. The fraction of sp³-hybridized carbons (Fsp3) is 0.571. The second-order valence-corrected chi connectivity index (χ2v) is 4.62. The lowest BCUT2D eigenvalue weighted by Gasteiger charge is -2.22. The highest BCUT2D eigenvalue weighted by molar-refractivity contribution is 5.33. The van der Waals surface area contributed by atoms with E-state index in [0.29, 0.717) is 0 Å². The Morgan fingerprint density at radius 1 is 1.14 bits per heavy atom. The number of hydrogen-bond acceptors (Lipinski definition) is 0. The molecule has 0 aliphatic carbocycles. The van der Waals surface area contributed by atoms with Gasteiger partial charge in [-0.1, -0.05) is 44.5 Å². The first-order valence-electron chi connectivity index (χ1n) is 5.63. The zero-order valence-corrected chi connectivity index (χ0v) is 10.1. The maximum atomic E-state index is 2.35. The van der Waals surface area contributed by atoms with Crippen molar-refractivity contribution in [2.24, 2.45) is 5.92 Å². The Kier molecular flexibility index (Phi) is 3.74. The maximum Gasteiger partial charge on any atom is -0.0139 e. The predicted octanol–water partition coefficient (Wildman–Crippen LogP) is 4.45. The van der Waals surface area contributed by atoms with Crippen LogP contribution >= 0.6 is 0 Å². The molecule has 1 aromatic rings. The second kappa shape index (κ2) is 4.63. The van der Waals surface area contributed by atoms with Crippen LogP contribution < -0.4 is 0 Å². The van der Waals surface area contributed by atoms with Gasteiger partial charge in [0.05, 0.1) is 0 Å². The molecule has 14 heavy (non-hydrogen) atoms. The quantitative estimate of drug-likeness (QED) is 0.660. The smallest absolute Gasteiger partial charge is 0.0139 e. The van der Waals surface area contributed by atoms with Gasteiger partial charge in [0.2, 0.25) is 0 Å². The summed E-state index contributed by atoms with van der Waals surface area (Å²) in [5.74, 6) is 1.45. The van der Waals surface area contributed by atoms with Gasteiger partial charge >= 0.3 is 0 Å². The van der Waals surface area contributed by atoms with E-state index in [1.165, 1.54) is 17.5 Å². The van der Waals surface area contributed by atoms with Crippen molar-refractivity contribution in [3.63, 3.8) is 0 Å². The highest BCUT2D eigenvalue weighted by Gasteiger charge is 2.15. The first-order valence-corrected chi connectivity index (χ1v) is 5.63. The van der Waals surface area contributed by atoms with Crippen LogP contribution in [0.15, 0.2) is 18.2 Å². The molecule has 0 bridgehead atoms. The third-order valence-corrected chi connectivity index (χ3v) is 3.08. The van der Waals surface area contributed by atoms with E-state index < -0.39 is 0 Å². The van der Waals surface area contributed by atoms with E-state index in [0.717, 1.165) is 11.8 Å². The average Bonchev–Trinajstić information content (AvgIpc) is 2.11. The zero-order valence-electron chi connectivity index (χ0n) is 10.1. The van der Waals surface area contributed by atoms with Crippen molar-refractivity contribution in [2.75, 3.05) is 0 Å². The summed E-state index contributed by atoms with van der Waals surface area (Å²) in [6.07, 6.45) is 1.24. The molecule has 1 rings (SSSR count). The van der Waals surface area contributed by atoms with Crippen molar-refractivity contribution in [3.05, 3.63) is 34.9 Å². The summed E-state index contributed by atoms with van der Waals surface area (Å²) < 4.78 is 0. The van der Waals surface area contributed by atoms with Crippen molar-refractivity contribution in [2.45, 2.75) is 47.0 Å². The summed E-state index contributed by atoms with van der Waals surface area (Å²) in [5.41, 5.74) is 4.36. The van der Waals surface area contributed by atoms with Crippen LogP contribution in [0.5, 0.6) is 0 Å². The Morgan fingerprint density at radius 3 is 2.29 bits per heavy atom. The Hall–Kier alpha value is -0.780. The van der Waals surface area contributed by atoms with Crippen molar-refractivity contribution in [1.29, 1.82) is 0 Å². The van der Waals surface area contributed by atoms with Gasteiger partial charge in [-0.05, 0) is 43.2 Å². The predicted molar refractivity (Wildman–Crippen MR) is 63.8 cm³/mol. The van der Waals surface area contributed by atoms with Crippen LogP contribution in [0.4, 0.5) is 0 Å². The molecular formula is C14H22. The fourth-order valence-electron chi connectivity index (χ4n) is 2.21. The van der Waals surface area contributed by atoms with Crippen molar-refractivity contribution in [3.8, 4) is 0 Å². The van der Waals surface area contributed by atoms with E-state index >= 15 is 0 Å². The topological polar surface area (TPSA) is 0 Å². The van der Waals surface area contributed by atoms with Gasteiger partial charge in [-0.25, -0.2) is 0 Å². The van der Waals surface area contributed by atoms with E-state index in [-0.39, 0.29) is 0 Å². The standard InChI is InChI=1S/C14H22/c1-6-13(10(2)3)14-9-11(4)7-8-12(14)5/h7-10,13H,6H2,1-5H3/t13-/m0/s1. The van der Waals surface area contributed by atoms with Crippen molar-refractivity contribution < 1.29 is 0 Å². The van der Waals surface area contributed by atoms with Gasteiger partial charge in [0.25, 0.3) is 0 Å². The molecule has 0 heteroatoms. The van der Waals surface area contributed by atoms with Gasteiger partial charge in [0.1, 0.15) is 0 Å². The lowest BCUT2D eigenvalue weighted by atomic mass is 9.83. The van der Waals surface area contributed by atoms with E-state index in [1.54, 1.807) is 5.56 Å². The molecule has 0 aliphatic rings. The largest absolute Gasteiger partial charge is 0.0648 e. The lowest BCUT2D eigenvalue weighted by molar-refractivity contribution is 0.483. The summed E-state index contributed by atoms with van der Waals surface area (Å²) in [5, 5.41) is 0. The first-order chi connectivity index (χ1) is 6.56. The van der Waals surface area contributed by atoms with Crippen LogP contribution in [0.1, 0.15) is 49.8 Å². The number of hydrogen-bond donors (Lipinski definition) is 0. The van der Waals surface area contributed by atoms with E-state index in [9.17, 15) is 0 Å². The number of rotatable bonds is 3. The lowest BCUT2D eigenvalue weighted by Crippen LogP contribution is -2.07. The van der Waals surface area contributed by atoms with Gasteiger partial charge in [0.15, 0.2) is 0 Å². The van der Waals surface area contributed by atoms with Crippen LogP contribution in [0, 0.1) is 19.8 Å². The minimum absolute atomic E-state index is 0.717. The van der Waals surface area contributed by atoms with Gasteiger partial charge < -0.3 is 0 Å². The second-order valence-electron chi connectivity index (χ2n) is 4.62. The molecule has 0 aliphatic heterocycles. The first kappa shape index (κ1) is 11.3. The molecule has 0 saturated carbocycles. The summed E-state index contributed by atoms with van der Waals surface area (Å²) in [6.45, 7) is 11.3. The normalized spacial score (nSPS) is 13.3. The van der Waals surface area contributed by atoms with Crippen LogP contribution in [0.3, 0.4) is 0 Å². The average molecular weight is 190 g/mol. The van der Waals surface area contributed by atoms with Crippen LogP contribution in [0.25, 0.3) is 0 Å². The Labute approximate surface area is 88.4 Å². The highest BCUT2D eigenvalue weighted by atomic mass is 14.2. The van der Waals surface area contributed by atoms with Gasteiger partial charge in [-0.3, -0.25) is 0 Å². The molecule has 0 nitrogen and oxygen atoms in total. The molecule has 0 radical (unpaired) electrons. The number of benzene rings is 1. The maximum absolute atomic E-state index is 2.35. The van der Waals surface area contributed by atoms with Crippen LogP contribution in [-0.2, 0) is 0 Å². The summed E-state index contributed by atoms with van der Waals surface area (Å²) in [4.78, 5) is 0. The highest BCUT2D eigenvalue weighted by Crippen LogP contribution is 2.30. The molecule has 78 valence electrons. The Balaban J connectivity index is 3.08. The summed E-state index contributed by atoms with van der Waals surface area (Å²) in [7, 11) is 0. The third-order valence-electron chi connectivity index (χ3n) is 3.08. The van der Waals surface area contributed by atoms with Gasteiger partial charge in [0, 0.05) is 0 Å². The molecule has 0 fully saturated rings. The minimum atomic E-state index is 0.717. The molecular weight excluding hydrogens is 168 g/mol. The van der Waals surface area contributed by atoms with E-state index in [1.807, 2.05) is 0 Å². The van der Waals surface area contributed by atoms with Gasteiger partial charge in [-0.15, -0.1) is 0 Å². The molecule has 0 N–H and O–H groups in total. The molecule has 0 aromatic heterocycles. The Morgan fingerprint density at radius 2 is 1.79 bits per heavy atom. The SMILES string of the molecule is CC[C@H](c1cc(C)ccc1C)C(C)C. The minimum Gasteiger partial charge on any atom is -0.0648 e. The van der Waals surface area contributed by atoms with Crippen molar-refractivity contribution >= 4 is 0 Å². The zero-order chi connectivity index (χ0) is 10.7. The van der Waals surface area contributed by atoms with E-state index in [2.05, 4.69) is 52.8 Å². The fourth-order valence-corrected chi connectivity index (χ4v) is 2.21. The molecule has 0 amide bonds. The van der Waals surface area contributed by atoms with Crippen molar-refractivity contribution in [1.82, 2.24) is 0 Å². The molecule has 0 spiro atoms. The molecule has 0 saturated heterocycles. The summed E-state index contributed by atoms with van der Waals surface area (Å²) >= 11 is 0. The molecule has 1 atom stereocenters. The number of aryl methyl sites for hydroxylation is 2.